The Morgan fingerprint density at radius 1 is 1.56 bits per heavy atom. The number of aliphatic hydroxyl groups excluding tert-OH is 1. The zero-order valence-electron chi connectivity index (χ0n) is 11.6. The zero-order chi connectivity index (χ0) is 13.4. The summed E-state index contributed by atoms with van der Waals surface area (Å²) in [6.07, 6.45) is 4.01. The highest BCUT2D eigenvalue weighted by Gasteiger charge is 2.34. The Bertz CT molecular complexity index is 261. The molecule has 0 spiro atoms. The topological polar surface area (TPSA) is 61.8 Å². The largest absolute Gasteiger partial charge is 0.396 e. The molecule has 1 unspecified atom stereocenters. The summed E-state index contributed by atoms with van der Waals surface area (Å²) in [5, 5.41) is 12.3. The van der Waals surface area contributed by atoms with E-state index in [1.54, 1.807) is 14.2 Å². The lowest BCUT2D eigenvalue weighted by Gasteiger charge is -2.41. The SMILES string of the molecule is CNC(=O)CN1CCCC(CO)(CCCOC)C1. The van der Waals surface area contributed by atoms with Crippen LogP contribution in [0.25, 0.3) is 0 Å². The number of carbonyl (C=O) groups excluding carboxylic acids is 1. The average molecular weight is 258 g/mol. The number of piperidine rings is 1. The zero-order valence-corrected chi connectivity index (χ0v) is 11.6. The molecule has 0 radical (unpaired) electrons. The predicted octanol–water partition coefficient (Wildman–Crippen LogP) is 0.233. The first kappa shape index (κ1) is 15.4. The Morgan fingerprint density at radius 2 is 2.33 bits per heavy atom. The van der Waals surface area contributed by atoms with Crippen molar-refractivity contribution in [3.05, 3.63) is 0 Å². The van der Waals surface area contributed by atoms with Crippen molar-refractivity contribution in [2.75, 3.05) is 47.0 Å². The number of rotatable bonds is 7. The van der Waals surface area contributed by atoms with Gasteiger partial charge in [-0.1, -0.05) is 0 Å². The van der Waals surface area contributed by atoms with Crippen molar-refractivity contribution in [3.8, 4) is 0 Å². The number of hydrogen-bond acceptors (Lipinski definition) is 4. The summed E-state index contributed by atoms with van der Waals surface area (Å²) in [6.45, 7) is 3.11. The second kappa shape index (κ2) is 7.71. The lowest BCUT2D eigenvalue weighted by atomic mass is 9.77. The van der Waals surface area contributed by atoms with Crippen molar-refractivity contribution in [1.82, 2.24) is 10.2 Å². The number of amides is 1. The van der Waals surface area contributed by atoms with Crippen LogP contribution in [0, 0.1) is 5.41 Å². The van der Waals surface area contributed by atoms with Gasteiger partial charge in [-0.25, -0.2) is 0 Å². The Balaban J connectivity index is 2.49. The number of hydrogen-bond donors (Lipinski definition) is 2. The third-order valence-corrected chi connectivity index (χ3v) is 3.78. The number of ether oxygens (including phenoxy) is 1. The summed E-state index contributed by atoms with van der Waals surface area (Å²) in [4.78, 5) is 13.5. The first-order valence-electron chi connectivity index (χ1n) is 6.68. The van der Waals surface area contributed by atoms with Gasteiger partial charge in [0.1, 0.15) is 0 Å². The van der Waals surface area contributed by atoms with Crippen LogP contribution in [0.2, 0.25) is 0 Å². The molecule has 1 heterocycles. The van der Waals surface area contributed by atoms with Gasteiger partial charge in [0.2, 0.25) is 5.91 Å². The van der Waals surface area contributed by atoms with Crippen LogP contribution < -0.4 is 5.32 Å². The van der Waals surface area contributed by atoms with E-state index in [4.69, 9.17) is 4.74 Å². The van der Waals surface area contributed by atoms with Crippen LogP contribution in [0.15, 0.2) is 0 Å². The maximum atomic E-state index is 11.4. The molecular weight excluding hydrogens is 232 g/mol. The van der Waals surface area contributed by atoms with Gasteiger partial charge in [-0.15, -0.1) is 0 Å². The lowest BCUT2D eigenvalue weighted by molar-refractivity contribution is -0.123. The van der Waals surface area contributed by atoms with Crippen LogP contribution in [-0.2, 0) is 9.53 Å². The number of carbonyl (C=O) groups is 1. The van der Waals surface area contributed by atoms with Crippen LogP contribution in [0.5, 0.6) is 0 Å². The Hall–Kier alpha value is -0.650. The van der Waals surface area contributed by atoms with Crippen LogP contribution in [0.1, 0.15) is 25.7 Å². The standard InChI is InChI=1S/C13H26N2O3/c1-14-12(17)9-15-7-3-5-13(10-15,11-16)6-4-8-18-2/h16H,3-11H2,1-2H3,(H,14,17). The normalized spacial score (nSPS) is 25.1. The van der Waals surface area contributed by atoms with E-state index in [0.717, 1.165) is 45.4 Å². The van der Waals surface area contributed by atoms with E-state index >= 15 is 0 Å². The fourth-order valence-corrected chi connectivity index (χ4v) is 2.73. The summed E-state index contributed by atoms with van der Waals surface area (Å²) in [7, 11) is 3.36. The Labute approximate surface area is 109 Å². The van der Waals surface area contributed by atoms with Crippen LogP contribution in [-0.4, -0.2) is 62.9 Å². The first-order chi connectivity index (χ1) is 8.65. The van der Waals surface area contributed by atoms with Crippen molar-refractivity contribution in [3.63, 3.8) is 0 Å². The van der Waals surface area contributed by atoms with E-state index in [1.165, 1.54) is 0 Å². The Morgan fingerprint density at radius 3 is 2.94 bits per heavy atom. The van der Waals surface area contributed by atoms with Crippen molar-refractivity contribution < 1.29 is 14.6 Å². The molecule has 1 rings (SSSR count). The van der Waals surface area contributed by atoms with Crippen molar-refractivity contribution in [2.24, 2.45) is 5.41 Å². The highest BCUT2D eigenvalue weighted by atomic mass is 16.5. The van der Waals surface area contributed by atoms with Gasteiger partial charge in [-0.3, -0.25) is 9.69 Å². The van der Waals surface area contributed by atoms with E-state index in [0.29, 0.717) is 6.54 Å². The molecule has 0 saturated carbocycles. The monoisotopic (exact) mass is 258 g/mol. The molecule has 0 aromatic carbocycles. The third-order valence-electron chi connectivity index (χ3n) is 3.78. The summed E-state index contributed by atoms with van der Waals surface area (Å²) < 4.78 is 5.07. The molecule has 106 valence electrons. The number of nitrogens with zero attached hydrogens (tertiary/aromatic N) is 1. The second-order valence-electron chi connectivity index (χ2n) is 5.24. The molecule has 1 atom stereocenters. The lowest BCUT2D eigenvalue weighted by Crippen LogP contribution is -2.48. The molecule has 2 N–H and O–H groups in total. The highest BCUT2D eigenvalue weighted by Crippen LogP contribution is 2.34. The molecule has 5 nitrogen and oxygen atoms in total. The van der Waals surface area contributed by atoms with Crippen LogP contribution >= 0.6 is 0 Å². The minimum atomic E-state index is -0.0508. The third kappa shape index (κ3) is 4.55. The van der Waals surface area contributed by atoms with Gasteiger partial charge in [0.05, 0.1) is 6.54 Å². The van der Waals surface area contributed by atoms with E-state index in [2.05, 4.69) is 10.2 Å². The summed E-state index contributed by atoms with van der Waals surface area (Å²) in [6, 6.07) is 0. The van der Waals surface area contributed by atoms with Crippen molar-refractivity contribution >= 4 is 5.91 Å². The molecule has 0 aliphatic carbocycles. The summed E-state index contributed by atoms with van der Waals surface area (Å²) >= 11 is 0. The van der Waals surface area contributed by atoms with Crippen LogP contribution in [0.4, 0.5) is 0 Å². The van der Waals surface area contributed by atoms with Gasteiger partial charge < -0.3 is 15.2 Å². The molecule has 1 aliphatic rings. The van der Waals surface area contributed by atoms with Crippen molar-refractivity contribution in [1.29, 1.82) is 0 Å². The maximum Gasteiger partial charge on any atom is 0.233 e. The van der Waals surface area contributed by atoms with E-state index < -0.39 is 0 Å². The van der Waals surface area contributed by atoms with Crippen molar-refractivity contribution in [2.45, 2.75) is 25.7 Å². The van der Waals surface area contributed by atoms with Gasteiger partial charge in [-0.2, -0.15) is 0 Å². The first-order valence-corrected chi connectivity index (χ1v) is 6.68. The van der Waals surface area contributed by atoms with E-state index in [9.17, 15) is 9.90 Å². The molecule has 1 amide bonds. The number of methoxy groups -OCH3 is 1. The Kier molecular flexibility index (Phi) is 6.60. The second-order valence-corrected chi connectivity index (χ2v) is 5.24. The average Bonchev–Trinajstić information content (AvgIpc) is 2.39. The van der Waals surface area contributed by atoms with E-state index in [1.807, 2.05) is 0 Å². The van der Waals surface area contributed by atoms with E-state index in [-0.39, 0.29) is 17.9 Å². The molecule has 1 aliphatic heterocycles. The number of likely N-dealkylation sites (N-methyl/N-ethyl adjacent to an activating group) is 1. The molecular formula is C13H26N2O3. The van der Waals surface area contributed by atoms with Gasteiger partial charge in [0.25, 0.3) is 0 Å². The van der Waals surface area contributed by atoms with Gasteiger partial charge in [-0.05, 0) is 32.2 Å². The summed E-state index contributed by atoms with van der Waals surface area (Å²) in [5.74, 6) is 0.0423. The number of likely N-dealkylation sites (tertiary alicyclic amines) is 1. The molecule has 1 fully saturated rings. The van der Waals surface area contributed by atoms with Gasteiger partial charge >= 0.3 is 0 Å². The molecule has 18 heavy (non-hydrogen) atoms. The predicted molar refractivity (Wildman–Crippen MR) is 70.4 cm³/mol. The fourth-order valence-electron chi connectivity index (χ4n) is 2.73. The molecule has 0 aromatic heterocycles. The van der Waals surface area contributed by atoms with Crippen LogP contribution in [0.3, 0.4) is 0 Å². The molecule has 0 aromatic rings. The van der Waals surface area contributed by atoms with Gasteiger partial charge in [0, 0.05) is 39.3 Å². The molecule has 0 bridgehead atoms. The minimum Gasteiger partial charge on any atom is -0.396 e. The molecule has 5 heteroatoms. The smallest absolute Gasteiger partial charge is 0.233 e. The fraction of sp³-hybridized carbons (Fsp3) is 0.923. The maximum absolute atomic E-state index is 11.4. The number of nitrogens with one attached hydrogen (secondary N) is 1. The molecule has 1 saturated heterocycles. The number of aliphatic hydroxyl groups is 1. The minimum absolute atomic E-state index is 0.0423. The summed E-state index contributed by atoms with van der Waals surface area (Å²) in [5.41, 5.74) is -0.0508. The highest BCUT2D eigenvalue weighted by molar-refractivity contribution is 5.77. The van der Waals surface area contributed by atoms with Gasteiger partial charge in [0.15, 0.2) is 0 Å². The quantitative estimate of drug-likeness (QED) is 0.642.